The van der Waals surface area contributed by atoms with Gasteiger partial charge in [0.05, 0.1) is 6.61 Å². The second kappa shape index (κ2) is 4.50. The zero-order valence-corrected chi connectivity index (χ0v) is 10.5. The normalized spacial score (nSPS) is 22.4. The highest BCUT2D eigenvalue weighted by atomic mass is 16.6. The zero-order chi connectivity index (χ0) is 14.2. The smallest absolute Gasteiger partial charge is 0.406 e. The van der Waals surface area contributed by atoms with Gasteiger partial charge in [0.2, 0.25) is 11.6 Å². The van der Waals surface area contributed by atoms with Gasteiger partial charge >= 0.3 is 11.8 Å². The van der Waals surface area contributed by atoms with E-state index in [1.807, 2.05) is 0 Å². The van der Waals surface area contributed by atoms with E-state index in [0.29, 0.717) is 12.4 Å². The van der Waals surface area contributed by atoms with E-state index in [1.54, 1.807) is 14.0 Å². The Morgan fingerprint density at radius 1 is 1.68 bits per heavy atom. The summed E-state index contributed by atoms with van der Waals surface area (Å²) in [7, 11) is 1.59. The Kier molecular flexibility index (Phi) is 3.14. The van der Waals surface area contributed by atoms with Gasteiger partial charge in [-0.05, 0) is 9.91 Å². The molecule has 0 spiro atoms. The van der Waals surface area contributed by atoms with Gasteiger partial charge in [0.1, 0.15) is 0 Å². The number of anilines is 1. The van der Waals surface area contributed by atoms with Gasteiger partial charge in [-0.3, -0.25) is 4.57 Å². The molecule has 9 heteroatoms. The lowest BCUT2D eigenvalue weighted by Gasteiger charge is -2.24. The number of hydrogen-bond acceptors (Lipinski definition) is 6. The Morgan fingerprint density at radius 3 is 2.84 bits per heavy atom. The number of ether oxygens (including phenoxy) is 1. The number of aliphatic carboxylic acids is 1. The van der Waals surface area contributed by atoms with E-state index in [-0.39, 0.29) is 24.7 Å². The number of nitrogens with zero attached hydrogens (tertiary/aromatic N) is 3. The molecule has 104 valence electrons. The average molecular weight is 270 g/mol. The second-order valence-electron chi connectivity index (χ2n) is 4.46. The van der Waals surface area contributed by atoms with E-state index in [2.05, 4.69) is 10.3 Å². The van der Waals surface area contributed by atoms with Crippen LogP contribution in [0.5, 0.6) is 0 Å². The van der Waals surface area contributed by atoms with Crippen LogP contribution in [-0.4, -0.2) is 44.3 Å². The molecule has 1 atom stereocenters. The fourth-order valence-corrected chi connectivity index (χ4v) is 1.97. The summed E-state index contributed by atoms with van der Waals surface area (Å²) in [6, 6.07) is 0. The molecule has 0 saturated carbocycles. The molecule has 1 fully saturated rings. The van der Waals surface area contributed by atoms with Crippen molar-refractivity contribution >= 4 is 17.6 Å². The van der Waals surface area contributed by atoms with Crippen LogP contribution < -0.4 is 5.32 Å². The van der Waals surface area contributed by atoms with Gasteiger partial charge in [0.15, 0.2) is 5.54 Å². The Labute approximate surface area is 108 Å². The van der Waals surface area contributed by atoms with Gasteiger partial charge < -0.3 is 25.3 Å². The van der Waals surface area contributed by atoms with E-state index < -0.39 is 16.4 Å². The summed E-state index contributed by atoms with van der Waals surface area (Å²) >= 11 is 0. The molecule has 0 aromatic carbocycles. The largest absolute Gasteiger partial charge is 0.479 e. The van der Waals surface area contributed by atoms with Crippen LogP contribution in [0.3, 0.4) is 0 Å². The fourth-order valence-electron chi connectivity index (χ4n) is 1.97. The van der Waals surface area contributed by atoms with E-state index in [4.69, 9.17) is 4.74 Å². The maximum absolute atomic E-state index is 11.4. The molecule has 9 nitrogen and oxygen atoms in total. The average Bonchev–Trinajstić information content (AvgIpc) is 2.90. The molecule has 1 saturated heterocycles. The first-order valence-corrected chi connectivity index (χ1v) is 5.64. The van der Waals surface area contributed by atoms with Crippen molar-refractivity contribution in [3.8, 4) is 0 Å². The van der Waals surface area contributed by atoms with Crippen LogP contribution in [0.15, 0.2) is 0 Å². The van der Waals surface area contributed by atoms with Crippen molar-refractivity contribution in [2.75, 3.05) is 18.5 Å². The Morgan fingerprint density at radius 2 is 2.37 bits per heavy atom. The Hall–Kier alpha value is -2.16. The first-order chi connectivity index (χ1) is 8.87. The van der Waals surface area contributed by atoms with Gasteiger partial charge in [-0.15, -0.1) is 0 Å². The lowest BCUT2D eigenvalue weighted by atomic mass is 9.99. The quantitative estimate of drug-likeness (QED) is 0.596. The Balaban J connectivity index is 2.42. The van der Waals surface area contributed by atoms with Crippen molar-refractivity contribution in [3.05, 3.63) is 15.9 Å². The molecule has 2 rings (SSSR count). The molecule has 2 heterocycles. The number of aryl methyl sites for hydroxylation is 1. The topological polar surface area (TPSA) is 120 Å². The molecule has 0 amide bonds. The van der Waals surface area contributed by atoms with Crippen molar-refractivity contribution < 1.29 is 19.6 Å². The lowest BCUT2D eigenvalue weighted by molar-refractivity contribution is -0.388. The van der Waals surface area contributed by atoms with E-state index in [1.165, 1.54) is 4.57 Å². The predicted octanol–water partition coefficient (Wildman–Crippen LogP) is 0.292. The number of imidazole rings is 1. The van der Waals surface area contributed by atoms with E-state index in [0.717, 1.165) is 0 Å². The summed E-state index contributed by atoms with van der Waals surface area (Å²) in [4.78, 5) is 25.5. The molecule has 1 aromatic rings. The van der Waals surface area contributed by atoms with Crippen LogP contribution in [-0.2, 0) is 16.6 Å². The molecule has 1 unspecified atom stereocenters. The minimum absolute atomic E-state index is 0.0380. The van der Waals surface area contributed by atoms with Crippen molar-refractivity contribution in [2.45, 2.75) is 18.9 Å². The molecule has 1 aliphatic heterocycles. The van der Waals surface area contributed by atoms with Gasteiger partial charge in [0.25, 0.3) is 0 Å². The maximum Gasteiger partial charge on any atom is 0.406 e. The first-order valence-electron chi connectivity index (χ1n) is 5.64. The Bertz CT molecular complexity index is 532. The molecule has 2 N–H and O–H groups in total. The standard InChI is InChI=1S/C10H14N4O5/c1-6-11-7(14(17)18)8(13(6)2)12-10(9(15)16)3-4-19-5-10/h12H,3-5H2,1-2H3,(H,15,16). The minimum Gasteiger partial charge on any atom is -0.479 e. The maximum atomic E-state index is 11.4. The number of carbonyl (C=O) groups is 1. The third-order valence-corrected chi connectivity index (χ3v) is 3.26. The van der Waals surface area contributed by atoms with Crippen molar-refractivity contribution in [1.82, 2.24) is 9.55 Å². The van der Waals surface area contributed by atoms with Crippen LogP contribution in [0.25, 0.3) is 0 Å². The van der Waals surface area contributed by atoms with Crippen LogP contribution in [0.1, 0.15) is 12.2 Å². The van der Waals surface area contributed by atoms with Crippen molar-refractivity contribution in [1.29, 1.82) is 0 Å². The molecule has 1 aromatic heterocycles. The lowest BCUT2D eigenvalue weighted by Crippen LogP contribution is -2.47. The van der Waals surface area contributed by atoms with E-state index in [9.17, 15) is 20.0 Å². The third kappa shape index (κ3) is 2.12. The highest BCUT2D eigenvalue weighted by Crippen LogP contribution is 2.30. The number of nitro groups is 1. The van der Waals surface area contributed by atoms with Gasteiger partial charge in [-0.2, -0.15) is 0 Å². The summed E-state index contributed by atoms with van der Waals surface area (Å²) in [5, 5.41) is 23.0. The van der Waals surface area contributed by atoms with Crippen LogP contribution in [0.4, 0.5) is 11.6 Å². The summed E-state index contributed by atoms with van der Waals surface area (Å²) in [6.45, 7) is 1.87. The molecule has 1 aliphatic rings. The highest BCUT2D eigenvalue weighted by molar-refractivity contribution is 5.84. The number of carboxylic acid groups (broad SMARTS) is 1. The van der Waals surface area contributed by atoms with Gasteiger partial charge in [0, 0.05) is 27.0 Å². The van der Waals surface area contributed by atoms with Crippen molar-refractivity contribution in [2.24, 2.45) is 7.05 Å². The monoisotopic (exact) mass is 270 g/mol. The molecule has 0 bridgehead atoms. The zero-order valence-electron chi connectivity index (χ0n) is 10.5. The van der Waals surface area contributed by atoms with Gasteiger partial charge in [-0.1, -0.05) is 0 Å². The molecular weight excluding hydrogens is 256 g/mol. The number of nitrogens with one attached hydrogen (secondary N) is 1. The number of hydrogen-bond donors (Lipinski definition) is 2. The second-order valence-corrected chi connectivity index (χ2v) is 4.46. The molecule has 19 heavy (non-hydrogen) atoms. The number of aromatic nitrogens is 2. The number of rotatable bonds is 4. The van der Waals surface area contributed by atoms with Crippen LogP contribution in [0.2, 0.25) is 0 Å². The number of carboxylic acids is 1. The molecular formula is C10H14N4O5. The predicted molar refractivity (Wildman–Crippen MR) is 64.0 cm³/mol. The van der Waals surface area contributed by atoms with Crippen molar-refractivity contribution in [3.63, 3.8) is 0 Å². The molecule has 0 radical (unpaired) electrons. The fraction of sp³-hybridized carbons (Fsp3) is 0.600. The highest BCUT2D eigenvalue weighted by Gasteiger charge is 2.45. The van der Waals surface area contributed by atoms with E-state index >= 15 is 0 Å². The summed E-state index contributed by atoms with van der Waals surface area (Å²) < 4.78 is 6.56. The summed E-state index contributed by atoms with van der Waals surface area (Å²) in [5.41, 5.74) is -1.34. The van der Waals surface area contributed by atoms with Crippen LogP contribution in [0, 0.1) is 17.0 Å². The minimum atomic E-state index is -1.34. The molecule has 0 aliphatic carbocycles. The summed E-state index contributed by atoms with van der Waals surface area (Å²) in [5.74, 6) is -0.977. The van der Waals surface area contributed by atoms with Gasteiger partial charge in [-0.25, -0.2) is 4.79 Å². The first kappa shape index (κ1) is 13.3. The third-order valence-electron chi connectivity index (χ3n) is 3.26. The van der Waals surface area contributed by atoms with Crippen LogP contribution >= 0.6 is 0 Å². The summed E-state index contributed by atoms with van der Waals surface area (Å²) in [6.07, 6.45) is 0.240. The SMILES string of the molecule is Cc1nc([N+](=O)[O-])c(NC2(C(=O)O)CCOC2)n1C.